The van der Waals surface area contributed by atoms with E-state index in [1.807, 2.05) is 0 Å². The number of rotatable bonds is 0. The summed E-state index contributed by atoms with van der Waals surface area (Å²) < 4.78 is 0. The van der Waals surface area contributed by atoms with E-state index in [1.54, 1.807) is 22.3 Å². The standard InChI is InChI=1S/C19H22/c1-12-16-5-3-4-6-17(16)13(2)19-15-9-7-14(11-15)8-10-18(12)19/h3-6,8,10,12-15H,7,9,11H2,1-2H3. The Kier molecular flexibility index (Phi) is 2.48. The minimum atomic E-state index is 0.581. The molecule has 2 bridgehead atoms. The lowest BCUT2D eigenvalue weighted by atomic mass is 9.70. The van der Waals surface area contributed by atoms with Gasteiger partial charge in [-0.25, -0.2) is 0 Å². The summed E-state index contributed by atoms with van der Waals surface area (Å²) in [6.45, 7) is 4.82. The van der Waals surface area contributed by atoms with Crippen LogP contribution in [0, 0.1) is 11.8 Å². The zero-order valence-electron chi connectivity index (χ0n) is 11.9. The van der Waals surface area contributed by atoms with Gasteiger partial charge in [-0.1, -0.05) is 55.8 Å². The number of allylic oxidation sites excluding steroid dienone is 4. The molecule has 0 nitrogen and oxygen atoms in total. The highest BCUT2D eigenvalue weighted by Crippen LogP contribution is 2.52. The van der Waals surface area contributed by atoms with Crippen molar-refractivity contribution in [1.29, 1.82) is 0 Å². The first-order chi connectivity index (χ1) is 9.25. The van der Waals surface area contributed by atoms with Gasteiger partial charge in [0.1, 0.15) is 0 Å². The van der Waals surface area contributed by atoms with E-state index in [4.69, 9.17) is 0 Å². The van der Waals surface area contributed by atoms with E-state index < -0.39 is 0 Å². The van der Waals surface area contributed by atoms with Gasteiger partial charge < -0.3 is 0 Å². The SMILES string of the molecule is CC1C2=C(C3CCC(C=C2)C3)C(C)c2ccccc21. The first-order valence-electron chi connectivity index (χ1n) is 7.76. The summed E-state index contributed by atoms with van der Waals surface area (Å²) in [7, 11) is 0. The molecule has 0 N–H and O–H groups in total. The molecule has 4 unspecified atom stereocenters. The second-order valence-electron chi connectivity index (χ2n) is 6.61. The predicted octanol–water partition coefficient (Wildman–Crippen LogP) is 5.19. The third-order valence-corrected chi connectivity index (χ3v) is 5.66. The molecule has 1 saturated carbocycles. The van der Waals surface area contributed by atoms with E-state index in [0.717, 1.165) is 11.8 Å². The molecule has 1 fully saturated rings. The van der Waals surface area contributed by atoms with Crippen molar-refractivity contribution in [3.05, 3.63) is 58.7 Å². The molecule has 0 aromatic heterocycles. The summed E-state index contributed by atoms with van der Waals surface area (Å²) in [6.07, 6.45) is 9.18. The molecule has 0 saturated heterocycles. The maximum atomic E-state index is 2.50. The van der Waals surface area contributed by atoms with Gasteiger partial charge in [0.05, 0.1) is 0 Å². The Morgan fingerprint density at radius 1 is 0.947 bits per heavy atom. The summed E-state index contributed by atoms with van der Waals surface area (Å²) >= 11 is 0. The second-order valence-corrected chi connectivity index (χ2v) is 6.61. The van der Waals surface area contributed by atoms with Crippen LogP contribution in [0.3, 0.4) is 0 Å². The van der Waals surface area contributed by atoms with Crippen LogP contribution in [0.4, 0.5) is 0 Å². The van der Waals surface area contributed by atoms with Gasteiger partial charge in [0, 0.05) is 11.8 Å². The Hall–Kier alpha value is -1.30. The smallest absolute Gasteiger partial charge is 0.00637 e. The summed E-state index contributed by atoms with van der Waals surface area (Å²) in [5.74, 6) is 2.89. The van der Waals surface area contributed by atoms with Gasteiger partial charge in [-0.05, 0) is 47.8 Å². The van der Waals surface area contributed by atoms with Crippen molar-refractivity contribution in [2.75, 3.05) is 0 Å². The Morgan fingerprint density at radius 2 is 1.68 bits per heavy atom. The van der Waals surface area contributed by atoms with Crippen molar-refractivity contribution < 1.29 is 0 Å². The topological polar surface area (TPSA) is 0 Å². The number of benzene rings is 1. The van der Waals surface area contributed by atoms with Gasteiger partial charge in [0.15, 0.2) is 0 Å². The molecule has 0 heteroatoms. The molecule has 0 amide bonds. The molecule has 1 aromatic carbocycles. The first kappa shape index (κ1) is 11.5. The van der Waals surface area contributed by atoms with Gasteiger partial charge in [-0.3, -0.25) is 0 Å². The lowest BCUT2D eigenvalue weighted by molar-refractivity contribution is 0.558. The number of hydrogen-bond donors (Lipinski definition) is 0. The normalized spacial score (nSPS) is 35.9. The van der Waals surface area contributed by atoms with Crippen LogP contribution in [-0.2, 0) is 0 Å². The average molecular weight is 250 g/mol. The van der Waals surface area contributed by atoms with Crippen molar-refractivity contribution >= 4 is 0 Å². The minimum Gasteiger partial charge on any atom is -0.0811 e. The van der Waals surface area contributed by atoms with E-state index >= 15 is 0 Å². The highest BCUT2D eigenvalue weighted by atomic mass is 14.4. The minimum absolute atomic E-state index is 0.581. The quantitative estimate of drug-likeness (QED) is 0.594. The van der Waals surface area contributed by atoms with E-state index in [1.165, 1.54) is 19.3 Å². The number of fused-ring (bicyclic) bond motifs is 4. The molecule has 4 atom stereocenters. The summed E-state index contributed by atoms with van der Waals surface area (Å²) in [5.41, 5.74) is 6.53. The van der Waals surface area contributed by atoms with Crippen molar-refractivity contribution in [3.63, 3.8) is 0 Å². The predicted molar refractivity (Wildman–Crippen MR) is 80.3 cm³/mol. The largest absolute Gasteiger partial charge is 0.0811 e. The molecule has 19 heavy (non-hydrogen) atoms. The van der Waals surface area contributed by atoms with Crippen molar-refractivity contribution in [2.24, 2.45) is 11.8 Å². The summed E-state index contributed by atoms with van der Waals surface area (Å²) in [5, 5.41) is 0. The number of hydrogen-bond acceptors (Lipinski definition) is 0. The zero-order chi connectivity index (χ0) is 13.0. The molecule has 0 heterocycles. The van der Waals surface area contributed by atoms with E-state index in [-0.39, 0.29) is 0 Å². The monoisotopic (exact) mass is 250 g/mol. The molecule has 0 aliphatic heterocycles. The Morgan fingerprint density at radius 3 is 2.47 bits per heavy atom. The van der Waals surface area contributed by atoms with Crippen molar-refractivity contribution in [2.45, 2.75) is 44.9 Å². The van der Waals surface area contributed by atoms with Crippen LogP contribution < -0.4 is 0 Å². The first-order valence-corrected chi connectivity index (χ1v) is 7.76. The zero-order valence-corrected chi connectivity index (χ0v) is 11.9. The van der Waals surface area contributed by atoms with Gasteiger partial charge in [-0.15, -0.1) is 0 Å². The van der Waals surface area contributed by atoms with Crippen LogP contribution in [0.2, 0.25) is 0 Å². The fourth-order valence-electron chi connectivity index (χ4n) is 4.68. The van der Waals surface area contributed by atoms with Crippen molar-refractivity contribution in [3.8, 4) is 0 Å². The highest BCUT2D eigenvalue weighted by Gasteiger charge is 2.37. The third-order valence-electron chi connectivity index (χ3n) is 5.66. The third kappa shape index (κ3) is 1.59. The van der Waals surface area contributed by atoms with E-state index in [0.29, 0.717) is 11.8 Å². The van der Waals surface area contributed by atoms with Crippen LogP contribution in [0.25, 0.3) is 0 Å². The molecule has 4 rings (SSSR count). The molecule has 3 aliphatic carbocycles. The summed E-state index contributed by atoms with van der Waals surface area (Å²) in [6, 6.07) is 9.08. The molecule has 0 spiro atoms. The second kappa shape index (κ2) is 4.10. The Labute approximate surface area is 116 Å². The van der Waals surface area contributed by atoms with Crippen molar-refractivity contribution in [1.82, 2.24) is 0 Å². The summed E-state index contributed by atoms with van der Waals surface area (Å²) in [4.78, 5) is 0. The maximum Gasteiger partial charge on any atom is 0.00637 e. The molecule has 0 radical (unpaired) electrons. The Balaban J connectivity index is 1.90. The highest BCUT2D eigenvalue weighted by molar-refractivity contribution is 5.52. The molecular formula is C19H22. The maximum absolute atomic E-state index is 2.50. The lowest BCUT2D eigenvalue weighted by Crippen LogP contribution is -2.19. The Bertz CT molecular complexity index is 575. The van der Waals surface area contributed by atoms with Crippen LogP contribution in [0.15, 0.2) is 47.6 Å². The molecular weight excluding hydrogens is 228 g/mol. The van der Waals surface area contributed by atoms with Gasteiger partial charge in [-0.2, -0.15) is 0 Å². The fraction of sp³-hybridized carbons (Fsp3) is 0.474. The van der Waals surface area contributed by atoms with Gasteiger partial charge in [0.25, 0.3) is 0 Å². The lowest BCUT2D eigenvalue weighted by Gasteiger charge is -2.35. The molecule has 1 aromatic rings. The van der Waals surface area contributed by atoms with Crippen LogP contribution >= 0.6 is 0 Å². The van der Waals surface area contributed by atoms with Gasteiger partial charge in [0.2, 0.25) is 0 Å². The van der Waals surface area contributed by atoms with E-state index in [9.17, 15) is 0 Å². The van der Waals surface area contributed by atoms with Crippen LogP contribution in [-0.4, -0.2) is 0 Å². The molecule has 3 aliphatic rings. The average Bonchev–Trinajstić information content (AvgIpc) is 2.79. The molecule has 98 valence electrons. The van der Waals surface area contributed by atoms with Crippen LogP contribution in [0.5, 0.6) is 0 Å². The van der Waals surface area contributed by atoms with Crippen LogP contribution in [0.1, 0.15) is 56.1 Å². The fourth-order valence-corrected chi connectivity index (χ4v) is 4.68. The van der Waals surface area contributed by atoms with Gasteiger partial charge >= 0.3 is 0 Å². The van der Waals surface area contributed by atoms with E-state index in [2.05, 4.69) is 50.3 Å².